The van der Waals surface area contributed by atoms with Gasteiger partial charge in [-0.25, -0.2) is 4.39 Å². The number of para-hydroxylation sites is 1. The SMILES string of the molecule is CC1Oc2ccccc2COC12CCN(CCCC(O)c1ccc(F)cc1)CC2. The molecule has 0 aliphatic carbocycles. The summed E-state index contributed by atoms with van der Waals surface area (Å²) in [4.78, 5) is 2.44. The Morgan fingerprint density at radius 1 is 1.14 bits per heavy atom. The van der Waals surface area contributed by atoms with Crippen LogP contribution < -0.4 is 4.74 Å². The number of likely N-dealkylation sites (tertiary alicyclic amines) is 1. The number of hydrogen-bond acceptors (Lipinski definition) is 4. The second-order valence-corrected chi connectivity index (χ2v) is 8.27. The first kappa shape index (κ1) is 20.3. The molecule has 0 saturated carbocycles. The molecule has 0 radical (unpaired) electrons. The first-order chi connectivity index (χ1) is 14.1. The van der Waals surface area contributed by atoms with Gasteiger partial charge in [-0.2, -0.15) is 0 Å². The van der Waals surface area contributed by atoms with E-state index in [2.05, 4.69) is 17.9 Å². The quantitative estimate of drug-likeness (QED) is 0.805. The highest BCUT2D eigenvalue weighted by atomic mass is 19.1. The third-order valence-electron chi connectivity index (χ3n) is 6.44. The topological polar surface area (TPSA) is 41.9 Å². The summed E-state index contributed by atoms with van der Waals surface area (Å²) in [7, 11) is 0. The fourth-order valence-corrected chi connectivity index (χ4v) is 4.44. The first-order valence-corrected chi connectivity index (χ1v) is 10.6. The van der Waals surface area contributed by atoms with Gasteiger partial charge in [0.25, 0.3) is 0 Å². The molecule has 2 aliphatic rings. The van der Waals surface area contributed by atoms with Gasteiger partial charge < -0.3 is 19.5 Å². The summed E-state index contributed by atoms with van der Waals surface area (Å²) in [5, 5.41) is 10.3. The van der Waals surface area contributed by atoms with Crippen LogP contribution in [0.5, 0.6) is 5.75 Å². The van der Waals surface area contributed by atoms with Crippen LogP contribution in [0, 0.1) is 5.82 Å². The van der Waals surface area contributed by atoms with E-state index < -0.39 is 6.10 Å². The number of hydrogen-bond donors (Lipinski definition) is 1. The number of fused-ring (bicyclic) bond motifs is 1. The standard InChI is InChI=1S/C24H30FNO3/c1-18-24(28-17-20-5-2-3-7-23(20)29-18)12-15-26(16-13-24)14-4-6-22(27)19-8-10-21(25)11-9-19/h2-3,5,7-11,18,22,27H,4,6,12-17H2,1H3. The predicted octanol–water partition coefficient (Wildman–Crippen LogP) is 4.47. The molecular weight excluding hydrogens is 369 g/mol. The van der Waals surface area contributed by atoms with Gasteiger partial charge in [0.05, 0.1) is 12.7 Å². The fraction of sp³-hybridized carbons (Fsp3) is 0.500. The molecule has 1 spiro atoms. The Hall–Kier alpha value is -1.95. The minimum Gasteiger partial charge on any atom is -0.487 e. The summed E-state index contributed by atoms with van der Waals surface area (Å²) in [6.45, 7) is 5.61. The number of halogens is 1. The number of rotatable bonds is 5. The van der Waals surface area contributed by atoms with Crippen LogP contribution in [0.15, 0.2) is 48.5 Å². The predicted molar refractivity (Wildman–Crippen MR) is 110 cm³/mol. The van der Waals surface area contributed by atoms with E-state index in [1.54, 1.807) is 12.1 Å². The summed E-state index contributed by atoms with van der Waals surface area (Å²) in [5.41, 5.74) is 1.66. The van der Waals surface area contributed by atoms with Gasteiger partial charge in [0.15, 0.2) is 0 Å². The zero-order valence-corrected chi connectivity index (χ0v) is 17.0. The maximum atomic E-state index is 13.0. The van der Waals surface area contributed by atoms with Crippen LogP contribution >= 0.6 is 0 Å². The molecule has 2 unspecified atom stereocenters. The summed E-state index contributed by atoms with van der Waals surface area (Å²) in [5.74, 6) is 0.666. The third kappa shape index (κ3) is 4.63. The molecule has 2 heterocycles. The van der Waals surface area contributed by atoms with Gasteiger partial charge in [-0.3, -0.25) is 0 Å². The zero-order valence-electron chi connectivity index (χ0n) is 17.0. The summed E-state index contributed by atoms with van der Waals surface area (Å²) in [6.07, 6.45) is 2.96. The van der Waals surface area contributed by atoms with Crippen LogP contribution in [0.3, 0.4) is 0 Å². The van der Waals surface area contributed by atoms with Crippen LogP contribution in [0.4, 0.5) is 4.39 Å². The fourth-order valence-electron chi connectivity index (χ4n) is 4.44. The molecular formula is C24H30FNO3. The molecule has 0 aromatic heterocycles. The van der Waals surface area contributed by atoms with Gasteiger partial charge in [0.2, 0.25) is 0 Å². The maximum Gasteiger partial charge on any atom is 0.125 e. The van der Waals surface area contributed by atoms with Crippen molar-refractivity contribution in [1.29, 1.82) is 0 Å². The van der Waals surface area contributed by atoms with E-state index in [0.29, 0.717) is 13.0 Å². The molecule has 1 fully saturated rings. The summed E-state index contributed by atoms with van der Waals surface area (Å²) in [6, 6.07) is 14.2. The lowest BCUT2D eigenvalue weighted by Crippen LogP contribution is -2.53. The zero-order chi connectivity index (χ0) is 20.3. The summed E-state index contributed by atoms with van der Waals surface area (Å²) >= 11 is 0. The van der Waals surface area contributed by atoms with E-state index in [4.69, 9.17) is 9.47 Å². The second-order valence-electron chi connectivity index (χ2n) is 8.27. The molecule has 4 rings (SSSR count). The van der Waals surface area contributed by atoms with Crippen molar-refractivity contribution < 1.29 is 19.0 Å². The van der Waals surface area contributed by atoms with Gasteiger partial charge in [0.1, 0.15) is 23.3 Å². The maximum absolute atomic E-state index is 13.0. The van der Waals surface area contributed by atoms with Crippen molar-refractivity contribution in [2.24, 2.45) is 0 Å². The normalized spacial score (nSPS) is 22.5. The number of benzene rings is 2. The highest BCUT2D eigenvalue weighted by Crippen LogP contribution is 2.37. The van der Waals surface area contributed by atoms with E-state index in [-0.39, 0.29) is 17.5 Å². The lowest BCUT2D eigenvalue weighted by molar-refractivity contribution is -0.136. The van der Waals surface area contributed by atoms with Crippen molar-refractivity contribution in [2.45, 2.75) is 57.0 Å². The lowest BCUT2D eigenvalue weighted by atomic mass is 9.86. The second kappa shape index (κ2) is 8.82. The number of piperidine rings is 1. The molecule has 0 bridgehead atoms. The van der Waals surface area contributed by atoms with Crippen molar-refractivity contribution in [1.82, 2.24) is 4.90 Å². The Balaban J connectivity index is 1.26. The Morgan fingerprint density at radius 3 is 2.62 bits per heavy atom. The first-order valence-electron chi connectivity index (χ1n) is 10.6. The van der Waals surface area contributed by atoms with E-state index in [1.165, 1.54) is 12.1 Å². The number of ether oxygens (including phenoxy) is 2. The average Bonchev–Trinajstić information content (AvgIpc) is 2.87. The Kier molecular flexibility index (Phi) is 6.18. The van der Waals surface area contributed by atoms with E-state index in [1.807, 2.05) is 18.2 Å². The van der Waals surface area contributed by atoms with Crippen molar-refractivity contribution >= 4 is 0 Å². The highest BCUT2D eigenvalue weighted by molar-refractivity contribution is 5.34. The molecule has 2 aromatic carbocycles. The molecule has 5 heteroatoms. The molecule has 2 aromatic rings. The van der Waals surface area contributed by atoms with Crippen molar-refractivity contribution in [2.75, 3.05) is 19.6 Å². The molecule has 2 aliphatic heterocycles. The van der Waals surface area contributed by atoms with Gasteiger partial charge in [-0.05, 0) is 62.9 Å². The van der Waals surface area contributed by atoms with Gasteiger partial charge in [0, 0.05) is 18.7 Å². The molecule has 4 nitrogen and oxygen atoms in total. The minimum atomic E-state index is -0.538. The third-order valence-corrected chi connectivity index (χ3v) is 6.44. The van der Waals surface area contributed by atoms with E-state index in [9.17, 15) is 9.50 Å². The molecule has 1 N–H and O–H groups in total. The largest absolute Gasteiger partial charge is 0.487 e. The molecule has 0 amide bonds. The molecule has 1 saturated heterocycles. The minimum absolute atomic E-state index is 0.0219. The highest BCUT2D eigenvalue weighted by Gasteiger charge is 2.43. The Labute approximate surface area is 172 Å². The summed E-state index contributed by atoms with van der Waals surface area (Å²) < 4.78 is 25.7. The monoisotopic (exact) mass is 399 g/mol. The van der Waals surface area contributed by atoms with Crippen molar-refractivity contribution in [3.8, 4) is 5.75 Å². The smallest absolute Gasteiger partial charge is 0.125 e. The van der Waals surface area contributed by atoms with Crippen LogP contribution in [0.1, 0.15) is 49.8 Å². The van der Waals surface area contributed by atoms with Crippen LogP contribution in [0.2, 0.25) is 0 Å². The van der Waals surface area contributed by atoms with E-state index in [0.717, 1.165) is 55.8 Å². The average molecular weight is 400 g/mol. The van der Waals surface area contributed by atoms with E-state index >= 15 is 0 Å². The number of aliphatic hydroxyl groups is 1. The Morgan fingerprint density at radius 2 is 1.86 bits per heavy atom. The van der Waals surface area contributed by atoms with Crippen LogP contribution in [-0.2, 0) is 11.3 Å². The Bertz CT molecular complexity index is 802. The van der Waals surface area contributed by atoms with Gasteiger partial charge in [-0.15, -0.1) is 0 Å². The number of aliphatic hydroxyl groups excluding tert-OH is 1. The van der Waals surface area contributed by atoms with Crippen molar-refractivity contribution in [3.63, 3.8) is 0 Å². The van der Waals surface area contributed by atoms with Crippen LogP contribution in [0.25, 0.3) is 0 Å². The van der Waals surface area contributed by atoms with Crippen molar-refractivity contribution in [3.05, 3.63) is 65.5 Å². The molecule has 2 atom stereocenters. The lowest BCUT2D eigenvalue weighted by Gasteiger charge is -2.43. The van der Waals surface area contributed by atoms with Gasteiger partial charge >= 0.3 is 0 Å². The number of nitrogens with zero attached hydrogens (tertiary/aromatic N) is 1. The van der Waals surface area contributed by atoms with Gasteiger partial charge in [-0.1, -0.05) is 30.3 Å². The molecule has 29 heavy (non-hydrogen) atoms. The molecule has 156 valence electrons. The van der Waals surface area contributed by atoms with Crippen LogP contribution in [-0.4, -0.2) is 41.3 Å².